The van der Waals surface area contributed by atoms with Gasteiger partial charge in [-0.1, -0.05) is 6.07 Å². The summed E-state index contributed by atoms with van der Waals surface area (Å²) in [5.74, 6) is 2.83. The van der Waals surface area contributed by atoms with Gasteiger partial charge in [0.1, 0.15) is 11.6 Å². The number of aryl methyl sites for hydroxylation is 2. The molecular weight excluding hydrogens is 276 g/mol. The highest BCUT2D eigenvalue weighted by atomic mass is 15.3. The highest BCUT2D eigenvalue weighted by Crippen LogP contribution is 2.31. The van der Waals surface area contributed by atoms with Crippen molar-refractivity contribution >= 4 is 5.52 Å². The molecule has 0 spiro atoms. The lowest BCUT2D eigenvalue weighted by atomic mass is 10.2. The van der Waals surface area contributed by atoms with Crippen LogP contribution in [0.3, 0.4) is 0 Å². The Morgan fingerprint density at radius 3 is 3.00 bits per heavy atom. The Morgan fingerprint density at radius 1 is 1.27 bits per heavy atom. The monoisotopic (exact) mass is 296 g/mol. The molecule has 114 valence electrons. The predicted octanol–water partition coefficient (Wildman–Crippen LogP) is 2.41. The minimum absolute atomic E-state index is 0.297. The molecule has 1 saturated heterocycles. The number of pyridine rings is 1. The lowest BCUT2D eigenvalue weighted by Gasteiger charge is -2.21. The van der Waals surface area contributed by atoms with E-state index in [4.69, 9.17) is 4.98 Å². The molecule has 3 aromatic rings. The molecule has 1 fully saturated rings. The van der Waals surface area contributed by atoms with Crippen molar-refractivity contribution in [2.75, 3.05) is 6.54 Å². The quantitative estimate of drug-likeness (QED) is 0.806. The summed E-state index contributed by atoms with van der Waals surface area (Å²) in [6.45, 7) is 5.92. The van der Waals surface area contributed by atoms with Crippen LogP contribution in [0, 0.1) is 13.8 Å². The molecule has 0 unspecified atom stereocenters. The van der Waals surface area contributed by atoms with Crippen LogP contribution in [-0.2, 0) is 6.54 Å². The minimum Gasteiger partial charge on any atom is -0.304 e. The molecule has 1 aliphatic rings. The third-order valence-corrected chi connectivity index (χ3v) is 4.43. The standard InChI is InChI=1S/C16H20N6/c1-11-17-16(20-19-11)15-7-5-8-21(15)10-13-14-6-3-4-9-22(14)12(2)18-13/h3-4,6,9,15H,5,7-8,10H2,1-2H3,(H,17,19,20)/t15-/m0/s1. The number of aromatic amines is 1. The van der Waals surface area contributed by atoms with E-state index in [1.807, 2.05) is 13.0 Å². The van der Waals surface area contributed by atoms with E-state index in [0.717, 1.165) is 42.7 Å². The number of likely N-dealkylation sites (tertiary alicyclic amines) is 1. The average Bonchev–Trinajstić information content (AvgIpc) is 3.21. The van der Waals surface area contributed by atoms with Gasteiger partial charge in [-0.05, 0) is 45.4 Å². The fourth-order valence-electron chi connectivity index (χ4n) is 3.39. The third-order valence-electron chi connectivity index (χ3n) is 4.43. The molecule has 0 aromatic carbocycles. The van der Waals surface area contributed by atoms with E-state index in [1.165, 1.54) is 11.9 Å². The van der Waals surface area contributed by atoms with Gasteiger partial charge >= 0.3 is 0 Å². The van der Waals surface area contributed by atoms with Gasteiger partial charge in [0.25, 0.3) is 0 Å². The van der Waals surface area contributed by atoms with Crippen molar-refractivity contribution in [3.05, 3.63) is 47.6 Å². The van der Waals surface area contributed by atoms with Crippen LogP contribution in [0.2, 0.25) is 0 Å². The zero-order valence-corrected chi connectivity index (χ0v) is 13.0. The Bertz CT molecular complexity index is 802. The maximum Gasteiger partial charge on any atom is 0.167 e. The predicted molar refractivity (Wildman–Crippen MR) is 83.4 cm³/mol. The SMILES string of the molecule is Cc1nc([C@@H]2CCCN2Cc2nc(C)n3ccccc23)n[nH]1. The van der Waals surface area contributed by atoms with Crippen LogP contribution in [0.25, 0.3) is 5.52 Å². The number of rotatable bonds is 3. The Morgan fingerprint density at radius 2 is 2.18 bits per heavy atom. The summed E-state index contributed by atoms with van der Waals surface area (Å²) >= 11 is 0. The van der Waals surface area contributed by atoms with Crippen molar-refractivity contribution in [3.8, 4) is 0 Å². The number of aromatic nitrogens is 5. The number of hydrogen-bond donors (Lipinski definition) is 1. The molecule has 0 radical (unpaired) electrons. The van der Waals surface area contributed by atoms with Crippen LogP contribution >= 0.6 is 0 Å². The van der Waals surface area contributed by atoms with E-state index in [2.05, 4.69) is 49.7 Å². The molecule has 6 nitrogen and oxygen atoms in total. The van der Waals surface area contributed by atoms with Crippen molar-refractivity contribution < 1.29 is 0 Å². The first-order chi connectivity index (χ1) is 10.7. The Labute approximate surface area is 129 Å². The van der Waals surface area contributed by atoms with Crippen molar-refractivity contribution in [3.63, 3.8) is 0 Å². The number of hydrogen-bond acceptors (Lipinski definition) is 4. The summed E-state index contributed by atoms with van der Waals surface area (Å²) in [6, 6.07) is 6.54. The summed E-state index contributed by atoms with van der Waals surface area (Å²) < 4.78 is 2.15. The first-order valence-electron chi connectivity index (χ1n) is 7.78. The van der Waals surface area contributed by atoms with Crippen LogP contribution in [0.1, 0.15) is 42.1 Å². The van der Waals surface area contributed by atoms with E-state index >= 15 is 0 Å². The van der Waals surface area contributed by atoms with Gasteiger partial charge in [-0.15, -0.1) is 0 Å². The van der Waals surface area contributed by atoms with E-state index in [9.17, 15) is 0 Å². The molecule has 1 atom stereocenters. The smallest absolute Gasteiger partial charge is 0.167 e. The summed E-state index contributed by atoms with van der Waals surface area (Å²) in [4.78, 5) is 11.7. The second kappa shape index (κ2) is 5.21. The number of nitrogens with zero attached hydrogens (tertiary/aromatic N) is 5. The van der Waals surface area contributed by atoms with Gasteiger partial charge in [0, 0.05) is 12.7 Å². The van der Waals surface area contributed by atoms with Gasteiger partial charge in [0.05, 0.1) is 17.3 Å². The summed E-state index contributed by atoms with van der Waals surface area (Å²) in [6.07, 6.45) is 4.37. The van der Waals surface area contributed by atoms with Crippen LogP contribution in [0.4, 0.5) is 0 Å². The zero-order valence-electron chi connectivity index (χ0n) is 13.0. The second-order valence-corrected chi connectivity index (χ2v) is 5.97. The maximum atomic E-state index is 4.76. The van der Waals surface area contributed by atoms with Crippen molar-refractivity contribution in [2.45, 2.75) is 39.3 Å². The first-order valence-corrected chi connectivity index (χ1v) is 7.78. The van der Waals surface area contributed by atoms with E-state index < -0.39 is 0 Å². The van der Waals surface area contributed by atoms with Gasteiger partial charge in [0.2, 0.25) is 0 Å². The van der Waals surface area contributed by atoms with Crippen LogP contribution in [0.5, 0.6) is 0 Å². The molecule has 0 saturated carbocycles. The van der Waals surface area contributed by atoms with Crippen molar-refractivity contribution in [1.29, 1.82) is 0 Å². The zero-order chi connectivity index (χ0) is 15.1. The van der Waals surface area contributed by atoms with Crippen LogP contribution in [0.15, 0.2) is 24.4 Å². The maximum absolute atomic E-state index is 4.76. The summed E-state index contributed by atoms with van der Waals surface area (Å²) in [5.41, 5.74) is 2.33. The molecule has 0 aliphatic carbocycles. The van der Waals surface area contributed by atoms with Crippen molar-refractivity contribution in [1.82, 2.24) is 29.5 Å². The molecule has 0 bridgehead atoms. The lowest BCUT2D eigenvalue weighted by molar-refractivity contribution is 0.238. The van der Waals surface area contributed by atoms with Crippen LogP contribution < -0.4 is 0 Å². The van der Waals surface area contributed by atoms with Crippen LogP contribution in [-0.4, -0.2) is 36.0 Å². The number of nitrogens with one attached hydrogen (secondary N) is 1. The normalized spacial score (nSPS) is 19.3. The fourth-order valence-corrected chi connectivity index (χ4v) is 3.39. The number of H-pyrrole nitrogens is 1. The Kier molecular flexibility index (Phi) is 3.18. The summed E-state index contributed by atoms with van der Waals surface area (Å²) in [7, 11) is 0. The van der Waals surface area contributed by atoms with Crippen molar-refractivity contribution in [2.24, 2.45) is 0 Å². The Balaban J connectivity index is 1.64. The fraction of sp³-hybridized carbons (Fsp3) is 0.438. The molecule has 1 aliphatic heterocycles. The minimum atomic E-state index is 0.297. The van der Waals surface area contributed by atoms with E-state index in [-0.39, 0.29) is 0 Å². The molecule has 0 amide bonds. The molecule has 3 aromatic heterocycles. The highest BCUT2D eigenvalue weighted by Gasteiger charge is 2.30. The molecule has 6 heteroatoms. The van der Waals surface area contributed by atoms with E-state index in [1.54, 1.807) is 0 Å². The van der Waals surface area contributed by atoms with Gasteiger partial charge in [-0.25, -0.2) is 9.97 Å². The third kappa shape index (κ3) is 2.20. The highest BCUT2D eigenvalue weighted by molar-refractivity contribution is 5.53. The summed E-state index contributed by atoms with van der Waals surface area (Å²) in [5, 5.41) is 7.31. The molecule has 4 heterocycles. The molecule has 22 heavy (non-hydrogen) atoms. The van der Waals surface area contributed by atoms with Gasteiger partial charge < -0.3 is 4.40 Å². The number of fused-ring (bicyclic) bond motifs is 1. The first kappa shape index (κ1) is 13.5. The molecule has 1 N–H and O–H groups in total. The van der Waals surface area contributed by atoms with E-state index in [0.29, 0.717) is 6.04 Å². The number of imidazole rings is 1. The second-order valence-electron chi connectivity index (χ2n) is 5.97. The van der Waals surface area contributed by atoms with Gasteiger partial charge in [-0.2, -0.15) is 5.10 Å². The average molecular weight is 296 g/mol. The van der Waals surface area contributed by atoms with Gasteiger partial charge in [-0.3, -0.25) is 10.00 Å². The Hall–Kier alpha value is -2.21. The topological polar surface area (TPSA) is 62.1 Å². The lowest BCUT2D eigenvalue weighted by Crippen LogP contribution is -2.24. The largest absolute Gasteiger partial charge is 0.304 e. The van der Waals surface area contributed by atoms with Gasteiger partial charge in [0.15, 0.2) is 5.82 Å². The molecule has 4 rings (SSSR count). The molecular formula is C16H20N6.